The van der Waals surface area contributed by atoms with E-state index in [1.165, 1.54) is 5.69 Å². The van der Waals surface area contributed by atoms with E-state index in [-0.39, 0.29) is 0 Å². The van der Waals surface area contributed by atoms with Gasteiger partial charge in [-0.1, -0.05) is 30.3 Å². The zero-order chi connectivity index (χ0) is 20.6. The molecule has 0 unspecified atom stereocenters. The summed E-state index contributed by atoms with van der Waals surface area (Å²) in [5, 5.41) is 5.42. The fourth-order valence-corrected chi connectivity index (χ4v) is 3.50. The number of carbonyl (C=O) groups is 2. The first-order chi connectivity index (χ1) is 14.0. The lowest BCUT2D eigenvalue weighted by Gasteiger charge is -2.36. The van der Waals surface area contributed by atoms with E-state index < -0.39 is 11.8 Å². The fourth-order valence-electron chi connectivity index (χ4n) is 3.50. The first kappa shape index (κ1) is 20.9. The third-order valence-corrected chi connectivity index (χ3v) is 5.28. The number of nitrogens with one attached hydrogen (secondary N) is 2. The summed E-state index contributed by atoms with van der Waals surface area (Å²) in [7, 11) is 0. The summed E-state index contributed by atoms with van der Waals surface area (Å²) in [4.78, 5) is 29.0. The Morgan fingerprint density at radius 3 is 2.38 bits per heavy atom. The third kappa shape index (κ3) is 6.06. The van der Waals surface area contributed by atoms with Gasteiger partial charge in [-0.15, -0.1) is 0 Å². The summed E-state index contributed by atoms with van der Waals surface area (Å²) >= 11 is 0. The summed E-state index contributed by atoms with van der Waals surface area (Å²) in [5.74, 6) is -1.20. The number of piperazine rings is 1. The number of hydrogen-bond donors (Lipinski definition) is 2. The van der Waals surface area contributed by atoms with Gasteiger partial charge in [-0.05, 0) is 56.1 Å². The van der Waals surface area contributed by atoms with Crippen LogP contribution in [0.4, 0.5) is 11.4 Å². The van der Waals surface area contributed by atoms with Crippen molar-refractivity contribution in [3.63, 3.8) is 0 Å². The van der Waals surface area contributed by atoms with Gasteiger partial charge in [0.1, 0.15) is 0 Å². The molecule has 0 radical (unpaired) electrons. The molecule has 1 heterocycles. The minimum atomic E-state index is -0.616. The first-order valence-corrected chi connectivity index (χ1v) is 10.2. The Balaban J connectivity index is 1.33. The van der Waals surface area contributed by atoms with Crippen LogP contribution in [0.2, 0.25) is 0 Å². The van der Waals surface area contributed by atoms with Crippen molar-refractivity contribution < 1.29 is 9.59 Å². The summed E-state index contributed by atoms with van der Waals surface area (Å²) in [6.07, 6.45) is 0.827. The van der Waals surface area contributed by atoms with Crippen LogP contribution in [-0.2, 0) is 9.59 Å². The van der Waals surface area contributed by atoms with Crippen molar-refractivity contribution in [1.29, 1.82) is 0 Å². The molecule has 1 saturated heterocycles. The van der Waals surface area contributed by atoms with Crippen LogP contribution < -0.4 is 15.5 Å². The molecule has 154 valence electrons. The fraction of sp³-hybridized carbons (Fsp3) is 0.391. The number of para-hydroxylation sites is 1. The predicted octanol–water partition coefficient (Wildman–Crippen LogP) is 2.57. The van der Waals surface area contributed by atoms with Crippen LogP contribution in [0, 0.1) is 13.8 Å². The molecule has 6 nitrogen and oxygen atoms in total. The summed E-state index contributed by atoms with van der Waals surface area (Å²) < 4.78 is 0. The monoisotopic (exact) mass is 394 g/mol. The molecule has 0 bridgehead atoms. The quantitative estimate of drug-likeness (QED) is 0.584. The highest BCUT2D eigenvalue weighted by atomic mass is 16.2. The number of anilines is 2. The van der Waals surface area contributed by atoms with Crippen molar-refractivity contribution in [3.05, 3.63) is 59.7 Å². The first-order valence-electron chi connectivity index (χ1n) is 10.2. The van der Waals surface area contributed by atoms with E-state index in [2.05, 4.69) is 44.7 Å². The van der Waals surface area contributed by atoms with Crippen molar-refractivity contribution in [3.8, 4) is 0 Å². The summed E-state index contributed by atoms with van der Waals surface area (Å²) in [5.41, 5.74) is 3.93. The molecule has 0 aromatic heterocycles. The van der Waals surface area contributed by atoms with Gasteiger partial charge >= 0.3 is 11.8 Å². The van der Waals surface area contributed by atoms with Crippen molar-refractivity contribution in [2.24, 2.45) is 0 Å². The van der Waals surface area contributed by atoms with Gasteiger partial charge in [-0.25, -0.2) is 0 Å². The van der Waals surface area contributed by atoms with Crippen molar-refractivity contribution >= 4 is 23.2 Å². The van der Waals surface area contributed by atoms with Crippen molar-refractivity contribution in [1.82, 2.24) is 10.2 Å². The van der Waals surface area contributed by atoms with E-state index in [1.807, 2.05) is 38.1 Å². The largest absolute Gasteiger partial charge is 0.369 e. The van der Waals surface area contributed by atoms with Crippen LogP contribution in [0.5, 0.6) is 0 Å². The summed E-state index contributed by atoms with van der Waals surface area (Å²) in [6, 6.07) is 16.3. The van der Waals surface area contributed by atoms with E-state index in [0.29, 0.717) is 12.2 Å². The zero-order valence-electron chi connectivity index (χ0n) is 17.3. The van der Waals surface area contributed by atoms with Gasteiger partial charge in [-0.2, -0.15) is 0 Å². The second-order valence-electron chi connectivity index (χ2n) is 7.55. The zero-order valence-corrected chi connectivity index (χ0v) is 17.3. The molecule has 1 aliphatic rings. The van der Waals surface area contributed by atoms with Gasteiger partial charge in [0.25, 0.3) is 0 Å². The van der Waals surface area contributed by atoms with Crippen molar-refractivity contribution in [2.75, 3.05) is 49.5 Å². The third-order valence-electron chi connectivity index (χ3n) is 5.28. The maximum Gasteiger partial charge on any atom is 0.313 e. The Kier molecular flexibility index (Phi) is 7.25. The molecule has 0 spiro atoms. The molecule has 2 aromatic carbocycles. The maximum atomic E-state index is 12.1. The molecule has 29 heavy (non-hydrogen) atoms. The van der Waals surface area contributed by atoms with E-state index >= 15 is 0 Å². The predicted molar refractivity (Wildman–Crippen MR) is 117 cm³/mol. The molecular weight excluding hydrogens is 364 g/mol. The molecule has 1 fully saturated rings. The molecule has 0 aliphatic carbocycles. The number of carbonyl (C=O) groups excluding carboxylic acids is 2. The highest BCUT2D eigenvalue weighted by molar-refractivity contribution is 6.39. The normalized spacial score (nSPS) is 14.5. The lowest BCUT2D eigenvalue weighted by molar-refractivity contribution is -0.136. The average Bonchev–Trinajstić information content (AvgIpc) is 2.74. The van der Waals surface area contributed by atoms with Crippen LogP contribution in [0.1, 0.15) is 17.5 Å². The van der Waals surface area contributed by atoms with Crippen LogP contribution >= 0.6 is 0 Å². The molecule has 6 heteroatoms. The number of benzene rings is 2. The molecule has 3 rings (SSSR count). The van der Waals surface area contributed by atoms with Gasteiger partial charge < -0.3 is 15.5 Å². The van der Waals surface area contributed by atoms with Gasteiger partial charge in [0, 0.05) is 44.1 Å². The smallest absolute Gasteiger partial charge is 0.313 e. The highest BCUT2D eigenvalue weighted by Crippen LogP contribution is 2.16. The summed E-state index contributed by atoms with van der Waals surface area (Å²) in [6.45, 7) is 9.31. The van der Waals surface area contributed by atoms with Crippen LogP contribution in [0.15, 0.2) is 48.5 Å². The maximum absolute atomic E-state index is 12.1. The van der Waals surface area contributed by atoms with Gasteiger partial charge in [0.2, 0.25) is 0 Å². The molecule has 2 amide bonds. The van der Waals surface area contributed by atoms with Gasteiger partial charge in [0.05, 0.1) is 0 Å². The molecule has 2 N–H and O–H groups in total. The molecule has 0 saturated carbocycles. The highest BCUT2D eigenvalue weighted by Gasteiger charge is 2.17. The van der Waals surface area contributed by atoms with E-state index in [4.69, 9.17) is 0 Å². The Labute approximate surface area is 172 Å². The van der Waals surface area contributed by atoms with Crippen LogP contribution in [0.3, 0.4) is 0 Å². The van der Waals surface area contributed by atoms with E-state index in [9.17, 15) is 9.59 Å². The lowest BCUT2D eigenvalue weighted by atomic mass is 10.1. The Morgan fingerprint density at radius 1 is 0.931 bits per heavy atom. The van der Waals surface area contributed by atoms with E-state index in [0.717, 1.165) is 50.3 Å². The number of aryl methyl sites for hydroxylation is 2. The molecular formula is C23H30N4O2. The number of rotatable bonds is 6. The van der Waals surface area contributed by atoms with Crippen LogP contribution in [0.25, 0.3) is 0 Å². The average molecular weight is 395 g/mol. The lowest BCUT2D eigenvalue weighted by Crippen LogP contribution is -2.47. The van der Waals surface area contributed by atoms with Crippen LogP contribution in [-0.4, -0.2) is 56.0 Å². The van der Waals surface area contributed by atoms with Crippen molar-refractivity contribution in [2.45, 2.75) is 20.3 Å². The molecule has 2 aromatic rings. The van der Waals surface area contributed by atoms with Gasteiger partial charge in [-0.3, -0.25) is 14.5 Å². The second-order valence-corrected chi connectivity index (χ2v) is 7.55. The minimum Gasteiger partial charge on any atom is -0.369 e. The number of hydrogen-bond acceptors (Lipinski definition) is 4. The molecule has 0 atom stereocenters. The minimum absolute atomic E-state index is 0.498. The Bertz CT molecular complexity index is 830. The van der Waals surface area contributed by atoms with Gasteiger partial charge in [0.15, 0.2) is 0 Å². The topological polar surface area (TPSA) is 64.7 Å². The Hall–Kier alpha value is -2.86. The second kappa shape index (κ2) is 10.1. The number of nitrogens with zero attached hydrogens (tertiary/aromatic N) is 2. The number of amides is 2. The standard InChI is InChI=1S/C23H30N4O2/c1-18-9-10-19(2)21(17-18)25-23(29)22(28)24-11-6-12-26-13-15-27(16-14-26)20-7-4-3-5-8-20/h3-5,7-10,17H,6,11-16H2,1-2H3,(H,24,28)(H,25,29). The SMILES string of the molecule is Cc1ccc(C)c(NC(=O)C(=O)NCCCN2CCN(c3ccccc3)CC2)c1. The molecule has 1 aliphatic heterocycles. The van der Waals surface area contributed by atoms with E-state index in [1.54, 1.807) is 0 Å². The Morgan fingerprint density at radius 2 is 1.66 bits per heavy atom.